The SMILES string of the molecule is CC(C)C(C(=O)OC(C)(C)C)c1cc(I)cc(OCc2ccccc2)c1I. The largest absolute Gasteiger partial charge is 0.488 e. The lowest BCUT2D eigenvalue weighted by molar-refractivity contribution is -0.158. The van der Waals surface area contributed by atoms with Crippen LogP contribution in [-0.2, 0) is 16.1 Å². The van der Waals surface area contributed by atoms with Gasteiger partial charge in [-0.25, -0.2) is 0 Å². The molecule has 27 heavy (non-hydrogen) atoms. The number of esters is 1. The third kappa shape index (κ3) is 6.62. The van der Waals surface area contributed by atoms with E-state index in [1.807, 2.05) is 57.2 Å². The molecule has 0 radical (unpaired) electrons. The molecule has 1 unspecified atom stereocenters. The van der Waals surface area contributed by atoms with E-state index in [9.17, 15) is 4.79 Å². The van der Waals surface area contributed by atoms with Gasteiger partial charge < -0.3 is 9.47 Å². The monoisotopic (exact) mass is 592 g/mol. The lowest BCUT2D eigenvalue weighted by Gasteiger charge is -2.27. The molecule has 2 rings (SSSR count). The predicted octanol–water partition coefficient (Wildman–Crippen LogP) is 6.56. The van der Waals surface area contributed by atoms with Gasteiger partial charge in [0.25, 0.3) is 0 Å². The number of rotatable bonds is 6. The first-order valence-corrected chi connectivity index (χ1v) is 11.1. The van der Waals surface area contributed by atoms with Gasteiger partial charge in [0, 0.05) is 3.57 Å². The topological polar surface area (TPSA) is 35.5 Å². The highest BCUT2D eigenvalue weighted by Crippen LogP contribution is 2.37. The summed E-state index contributed by atoms with van der Waals surface area (Å²) in [6.07, 6.45) is 0. The highest BCUT2D eigenvalue weighted by Gasteiger charge is 2.31. The Balaban J connectivity index is 2.34. The summed E-state index contributed by atoms with van der Waals surface area (Å²) in [5.41, 5.74) is 1.57. The van der Waals surface area contributed by atoms with E-state index in [0.29, 0.717) is 6.61 Å². The maximum Gasteiger partial charge on any atom is 0.314 e. The van der Waals surface area contributed by atoms with Crippen molar-refractivity contribution >= 4 is 51.2 Å². The average molecular weight is 592 g/mol. The predicted molar refractivity (Wildman–Crippen MR) is 126 cm³/mol. The molecule has 1 atom stereocenters. The fourth-order valence-electron chi connectivity index (χ4n) is 2.77. The zero-order valence-corrected chi connectivity index (χ0v) is 20.7. The molecule has 0 aliphatic heterocycles. The summed E-state index contributed by atoms with van der Waals surface area (Å²) >= 11 is 4.56. The van der Waals surface area contributed by atoms with Crippen LogP contribution in [0.15, 0.2) is 42.5 Å². The zero-order valence-electron chi connectivity index (χ0n) is 16.4. The van der Waals surface area contributed by atoms with E-state index in [1.54, 1.807) is 0 Å². The Bertz CT molecular complexity index is 780. The summed E-state index contributed by atoms with van der Waals surface area (Å²) in [7, 11) is 0. The Hall–Kier alpha value is -0.830. The molecule has 0 spiro atoms. The third-order valence-corrected chi connectivity index (χ3v) is 5.71. The molecule has 0 aliphatic carbocycles. The normalized spacial score (nSPS) is 12.7. The molecular formula is C22H26I2O3. The molecule has 3 nitrogen and oxygen atoms in total. The molecule has 0 aliphatic rings. The molecule has 0 bridgehead atoms. The van der Waals surface area contributed by atoms with Crippen molar-refractivity contribution < 1.29 is 14.3 Å². The van der Waals surface area contributed by atoms with Crippen molar-refractivity contribution in [1.82, 2.24) is 0 Å². The first-order valence-electron chi connectivity index (χ1n) is 8.97. The second-order valence-electron chi connectivity index (χ2n) is 7.84. The number of hydrogen-bond donors (Lipinski definition) is 0. The minimum absolute atomic E-state index is 0.119. The molecule has 0 amide bonds. The van der Waals surface area contributed by atoms with E-state index in [0.717, 1.165) is 24.0 Å². The number of benzene rings is 2. The molecule has 2 aromatic carbocycles. The van der Waals surface area contributed by atoms with Gasteiger partial charge in [0.1, 0.15) is 18.0 Å². The Labute approximate surface area is 189 Å². The second kappa shape index (κ2) is 9.58. The summed E-state index contributed by atoms with van der Waals surface area (Å²) in [5, 5.41) is 0. The Morgan fingerprint density at radius 2 is 1.70 bits per heavy atom. The summed E-state index contributed by atoms with van der Waals surface area (Å²) in [6, 6.07) is 14.2. The van der Waals surface area contributed by atoms with Crippen LogP contribution in [-0.4, -0.2) is 11.6 Å². The standard InChI is InChI=1S/C22H26I2O3/c1-14(2)19(21(25)27-22(3,4)5)17-11-16(23)12-18(20(17)24)26-13-15-9-7-6-8-10-15/h6-12,14,19H,13H2,1-5H3. The van der Waals surface area contributed by atoms with Crippen LogP contribution < -0.4 is 4.74 Å². The molecule has 0 aromatic heterocycles. The number of carbonyl (C=O) groups excluding carboxylic acids is 1. The molecule has 146 valence electrons. The highest BCUT2D eigenvalue weighted by molar-refractivity contribution is 14.1. The number of ether oxygens (including phenoxy) is 2. The van der Waals surface area contributed by atoms with E-state index in [2.05, 4.69) is 65.1 Å². The summed E-state index contributed by atoms with van der Waals surface area (Å²) < 4.78 is 13.8. The van der Waals surface area contributed by atoms with Crippen LogP contribution in [0.25, 0.3) is 0 Å². The van der Waals surface area contributed by atoms with Gasteiger partial charge in [0.2, 0.25) is 0 Å². The maximum absolute atomic E-state index is 12.9. The van der Waals surface area contributed by atoms with Gasteiger partial charge in [0.05, 0.1) is 9.49 Å². The Kier molecular flexibility index (Phi) is 7.97. The molecule has 0 fully saturated rings. The Morgan fingerprint density at radius 1 is 1.07 bits per heavy atom. The first-order chi connectivity index (χ1) is 12.6. The van der Waals surface area contributed by atoms with Gasteiger partial charge >= 0.3 is 5.97 Å². The van der Waals surface area contributed by atoms with Crippen LogP contribution in [0.1, 0.15) is 51.7 Å². The van der Waals surface area contributed by atoms with Crippen LogP contribution in [0.5, 0.6) is 5.75 Å². The van der Waals surface area contributed by atoms with Crippen molar-refractivity contribution in [2.24, 2.45) is 5.92 Å². The van der Waals surface area contributed by atoms with E-state index >= 15 is 0 Å². The van der Waals surface area contributed by atoms with Crippen molar-refractivity contribution in [2.45, 2.75) is 52.7 Å². The summed E-state index contributed by atoms with van der Waals surface area (Å²) in [6.45, 7) is 10.3. The van der Waals surface area contributed by atoms with Crippen molar-refractivity contribution in [1.29, 1.82) is 0 Å². The van der Waals surface area contributed by atoms with Crippen molar-refractivity contribution in [2.75, 3.05) is 0 Å². The van der Waals surface area contributed by atoms with Crippen LogP contribution >= 0.6 is 45.2 Å². The lowest BCUT2D eigenvalue weighted by Crippen LogP contribution is -2.30. The molecule has 2 aromatic rings. The number of hydrogen-bond acceptors (Lipinski definition) is 3. The van der Waals surface area contributed by atoms with Crippen LogP contribution in [0.4, 0.5) is 0 Å². The van der Waals surface area contributed by atoms with Crippen LogP contribution in [0.2, 0.25) is 0 Å². The molecule has 5 heteroatoms. The van der Waals surface area contributed by atoms with Crippen molar-refractivity contribution in [3.63, 3.8) is 0 Å². The molecule has 0 heterocycles. The maximum atomic E-state index is 12.9. The van der Waals surface area contributed by atoms with Crippen LogP contribution in [0.3, 0.4) is 0 Å². The zero-order chi connectivity index (χ0) is 20.2. The Morgan fingerprint density at radius 3 is 2.26 bits per heavy atom. The van der Waals surface area contributed by atoms with Crippen LogP contribution in [0, 0.1) is 13.1 Å². The number of carbonyl (C=O) groups is 1. The lowest BCUT2D eigenvalue weighted by atomic mass is 9.88. The van der Waals surface area contributed by atoms with Gasteiger partial charge in [0.15, 0.2) is 0 Å². The van der Waals surface area contributed by atoms with Gasteiger partial charge in [-0.15, -0.1) is 0 Å². The second-order valence-corrected chi connectivity index (χ2v) is 10.2. The van der Waals surface area contributed by atoms with Gasteiger partial charge in [-0.3, -0.25) is 4.79 Å². The van der Waals surface area contributed by atoms with Crippen molar-refractivity contribution in [3.8, 4) is 5.75 Å². The minimum Gasteiger partial charge on any atom is -0.488 e. The third-order valence-electron chi connectivity index (χ3n) is 3.93. The number of halogens is 2. The highest BCUT2D eigenvalue weighted by atomic mass is 127. The smallest absolute Gasteiger partial charge is 0.314 e. The quantitative estimate of drug-likeness (QED) is 0.282. The van der Waals surface area contributed by atoms with Crippen molar-refractivity contribution in [3.05, 3.63) is 60.7 Å². The summed E-state index contributed by atoms with van der Waals surface area (Å²) in [5.74, 6) is 0.403. The van der Waals surface area contributed by atoms with E-state index in [4.69, 9.17) is 9.47 Å². The van der Waals surface area contributed by atoms with Gasteiger partial charge in [-0.05, 0) is 95.1 Å². The van der Waals surface area contributed by atoms with Gasteiger partial charge in [-0.1, -0.05) is 44.2 Å². The molecule has 0 saturated carbocycles. The van der Waals surface area contributed by atoms with Gasteiger partial charge in [-0.2, -0.15) is 0 Å². The van der Waals surface area contributed by atoms with E-state index in [-0.39, 0.29) is 17.8 Å². The van der Waals surface area contributed by atoms with E-state index < -0.39 is 5.60 Å². The summed E-state index contributed by atoms with van der Waals surface area (Å²) in [4.78, 5) is 12.9. The molecule has 0 saturated heterocycles. The fourth-order valence-corrected chi connectivity index (χ4v) is 4.20. The molecule has 0 N–H and O–H groups in total. The molecular weight excluding hydrogens is 566 g/mol. The van der Waals surface area contributed by atoms with E-state index in [1.165, 1.54) is 0 Å². The first kappa shape index (κ1) is 22.5. The average Bonchev–Trinajstić information content (AvgIpc) is 2.55. The fraction of sp³-hybridized carbons (Fsp3) is 0.409. The minimum atomic E-state index is -0.510.